The van der Waals surface area contributed by atoms with Crippen molar-refractivity contribution in [1.82, 2.24) is 9.80 Å². The second-order valence-electron chi connectivity index (χ2n) is 8.02. The molecule has 3 saturated heterocycles. The zero-order chi connectivity index (χ0) is 19.7. The van der Waals surface area contributed by atoms with Crippen molar-refractivity contribution in [3.63, 3.8) is 0 Å². The third-order valence-corrected chi connectivity index (χ3v) is 6.53. The first kappa shape index (κ1) is 19.4. The van der Waals surface area contributed by atoms with E-state index in [2.05, 4.69) is 4.90 Å². The summed E-state index contributed by atoms with van der Waals surface area (Å²) in [6.45, 7) is 3.42. The average Bonchev–Trinajstić information content (AvgIpc) is 3.24. The Morgan fingerprint density at radius 3 is 2.32 bits per heavy atom. The second kappa shape index (κ2) is 8.21. The highest BCUT2D eigenvalue weighted by Gasteiger charge is 2.43. The molecule has 0 aromatic heterocycles. The van der Waals surface area contributed by atoms with Gasteiger partial charge in [0.25, 0.3) is 5.91 Å². The first-order valence-electron chi connectivity index (χ1n) is 10.2. The lowest BCUT2D eigenvalue weighted by Gasteiger charge is -2.35. The minimum absolute atomic E-state index is 0.131. The Balaban J connectivity index is 1.31. The number of hydrogen-bond donors (Lipinski definition) is 0. The molecule has 3 fully saturated rings. The lowest BCUT2D eigenvalue weighted by atomic mass is 9.92. The van der Waals surface area contributed by atoms with Gasteiger partial charge in [0.05, 0.1) is 18.2 Å². The van der Waals surface area contributed by atoms with Gasteiger partial charge in [0.15, 0.2) is 0 Å². The van der Waals surface area contributed by atoms with Crippen LogP contribution in [0, 0.1) is 5.92 Å². The van der Waals surface area contributed by atoms with Crippen LogP contribution in [0.2, 0.25) is 5.02 Å². The van der Waals surface area contributed by atoms with Crippen LogP contribution in [0.4, 0.5) is 5.69 Å². The minimum atomic E-state index is -0.357. The van der Waals surface area contributed by atoms with E-state index < -0.39 is 0 Å². The predicted octanol–water partition coefficient (Wildman–Crippen LogP) is 2.70. The van der Waals surface area contributed by atoms with Crippen molar-refractivity contribution >= 4 is 35.0 Å². The largest absolute Gasteiger partial charge is 0.343 e. The molecular formula is C21H26ClN3O3. The van der Waals surface area contributed by atoms with Crippen LogP contribution in [0.3, 0.4) is 0 Å². The third-order valence-electron chi connectivity index (χ3n) is 6.28. The SMILES string of the molecule is O=C1CCCN1CCC1CCN([C@H]2CC(=O)N(c3ccc(Cl)cc3)C2=O)CC1. The Hall–Kier alpha value is -1.92. The number of hydrogen-bond acceptors (Lipinski definition) is 4. The van der Waals surface area contributed by atoms with Gasteiger partial charge in [0.2, 0.25) is 11.8 Å². The molecule has 0 N–H and O–H groups in total. The molecule has 7 heteroatoms. The summed E-state index contributed by atoms with van der Waals surface area (Å²) in [6, 6.07) is 6.46. The van der Waals surface area contributed by atoms with E-state index in [1.165, 1.54) is 4.90 Å². The van der Waals surface area contributed by atoms with Crippen molar-refractivity contribution in [3.8, 4) is 0 Å². The van der Waals surface area contributed by atoms with Gasteiger partial charge < -0.3 is 4.90 Å². The molecule has 1 atom stereocenters. The average molecular weight is 404 g/mol. The molecule has 1 aromatic rings. The van der Waals surface area contributed by atoms with Gasteiger partial charge in [-0.15, -0.1) is 0 Å². The van der Waals surface area contributed by atoms with Gasteiger partial charge in [-0.2, -0.15) is 0 Å². The zero-order valence-electron chi connectivity index (χ0n) is 16.0. The third kappa shape index (κ3) is 3.94. The van der Waals surface area contributed by atoms with Gasteiger partial charge in [-0.3, -0.25) is 19.3 Å². The van der Waals surface area contributed by atoms with E-state index >= 15 is 0 Å². The van der Waals surface area contributed by atoms with Crippen molar-refractivity contribution in [2.75, 3.05) is 31.1 Å². The number of likely N-dealkylation sites (tertiary alicyclic amines) is 2. The molecule has 6 nitrogen and oxygen atoms in total. The standard InChI is InChI=1S/C21H26ClN3O3/c22-16-3-5-17(6-4-16)25-20(27)14-18(21(25)28)23-11-7-15(8-12-23)9-13-24-10-1-2-19(24)26/h3-6,15,18H,1-2,7-14H2/t18-/m0/s1. The lowest BCUT2D eigenvalue weighted by molar-refractivity contribution is -0.128. The molecule has 150 valence electrons. The fraction of sp³-hybridized carbons (Fsp3) is 0.571. The summed E-state index contributed by atoms with van der Waals surface area (Å²) >= 11 is 5.91. The molecule has 3 aliphatic rings. The number of amides is 3. The van der Waals surface area contributed by atoms with Crippen molar-refractivity contribution in [1.29, 1.82) is 0 Å². The van der Waals surface area contributed by atoms with E-state index in [4.69, 9.17) is 11.6 Å². The number of carbonyl (C=O) groups is 3. The lowest BCUT2D eigenvalue weighted by Crippen LogP contribution is -2.46. The Labute approximate surface area is 170 Å². The quantitative estimate of drug-likeness (QED) is 0.709. The summed E-state index contributed by atoms with van der Waals surface area (Å²) in [5.41, 5.74) is 0.590. The molecule has 3 heterocycles. The number of anilines is 1. The van der Waals surface area contributed by atoms with E-state index in [1.54, 1.807) is 24.3 Å². The topological polar surface area (TPSA) is 60.9 Å². The first-order chi connectivity index (χ1) is 13.5. The summed E-state index contributed by atoms with van der Waals surface area (Å²) in [5.74, 6) is 0.597. The van der Waals surface area contributed by atoms with Crippen molar-refractivity contribution in [2.24, 2.45) is 5.92 Å². The fourth-order valence-corrected chi connectivity index (χ4v) is 4.72. The number of benzene rings is 1. The molecule has 3 aliphatic heterocycles. The van der Waals surface area contributed by atoms with Gasteiger partial charge in [-0.1, -0.05) is 11.6 Å². The number of halogens is 1. The van der Waals surface area contributed by atoms with Crippen LogP contribution in [0.15, 0.2) is 24.3 Å². The molecule has 28 heavy (non-hydrogen) atoms. The van der Waals surface area contributed by atoms with E-state index in [1.807, 2.05) is 4.90 Å². The number of nitrogens with zero attached hydrogens (tertiary/aromatic N) is 3. The van der Waals surface area contributed by atoms with Crippen LogP contribution < -0.4 is 4.90 Å². The van der Waals surface area contributed by atoms with Crippen LogP contribution in [-0.2, 0) is 14.4 Å². The van der Waals surface area contributed by atoms with E-state index in [0.29, 0.717) is 23.0 Å². The summed E-state index contributed by atoms with van der Waals surface area (Å²) in [4.78, 5) is 42.6. The molecular weight excluding hydrogens is 378 g/mol. The molecule has 0 aliphatic carbocycles. The molecule has 0 saturated carbocycles. The highest BCUT2D eigenvalue weighted by Crippen LogP contribution is 2.30. The van der Waals surface area contributed by atoms with Gasteiger partial charge >= 0.3 is 0 Å². The second-order valence-corrected chi connectivity index (χ2v) is 8.45. The first-order valence-corrected chi connectivity index (χ1v) is 10.5. The minimum Gasteiger partial charge on any atom is -0.343 e. The zero-order valence-corrected chi connectivity index (χ0v) is 16.7. The monoisotopic (exact) mass is 403 g/mol. The summed E-state index contributed by atoms with van der Waals surface area (Å²) in [6.07, 6.45) is 4.99. The summed E-state index contributed by atoms with van der Waals surface area (Å²) < 4.78 is 0. The molecule has 3 amide bonds. The van der Waals surface area contributed by atoms with E-state index in [0.717, 1.165) is 51.9 Å². The number of imide groups is 1. The molecule has 0 spiro atoms. The van der Waals surface area contributed by atoms with Crippen LogP contribution >= 0.6 is 11.6 Å². The van der Waals surface area contributed by atoms with Gasteiger partial charge in [0.1, 0.15) is 0 Å². The van der Waals surface area contributed by atoms with Gasteiger partial charge in [-0.25, -0.2) is 4.90 Å². The molecule has 1 aromatic carbocycles. The Morgan fingerprint density at radius 1 is 0.964 bits per heavy atom. The highest BCUT2D eigenvalue weighted by atomic mass is 35.5. The van der Waals surface area contributed by atoms with Gasteiger partial charge in [0, 0.05) is 24.5 Å². The Morgan fingerprint density at radius 2 is 1.68 bits per heavy atom. The summed E-state index contributed by atoms with van der Waals surface area (Å²) in [5, 5.41) is 0.581. The van der Waals surface area contributed by atoms with Crippen molar-refractivity contribution < 1.29 is 14.4 Å². The maximum Gasteiger partial charge on any atom is 0.251 e. The summed E-state index contributed by atoms with van der Waals surface area (Å²) in [7, 11) is 0. The van der Waals surface area contributed by atoms with Crippen LogP contribution in [0.1, 0.15) is 38.5 Å². The normalized spacial score (nSPS) is 24.6. The maximum absolute atomic E-state index is 12.9. The predicted molar refractivity (Wildman–Crippen MR) is 107 cm³/mol. The van der Waals surface area contributed by atoms with Crippen LogP contribution in [0.25, 0.3) is 0 Å². The smallest absolute Gasteiger partial charge is 0.251 e. The van der Waals surface area contributed by atoms with Crippen LogP contribution in [-0.4, -0.2) is 59.7 Å². The molecule has 4 rings (SSSR count). The highest BCUT2D eigenvalue weighted by molar-refractivity contribution is 6.30. The number of rotatable bonds is 5. The maximum atomic E-state index is 12.9. The van der Waals surface area contributed by atoms with Crippen molar-refractivity contribution in [2.45, 2.75) is 44.6 Å². The fourth-order valence-electron chi connectivity index (χ4n) is 4.59. The molecule has 0 unspecified atom stereocenters. The number of piperidine rings is 1. The van der Waals surface area contributed by atoms with Gasteiger partial charge in [-0.05, 0) is 69.0 Å². The Kier molecular flexibility index (Phi) is 5.69. The van der Waals surface area contributed by atoms with E-state index in [-0.39, 0.29) is 30.2 Å². The molecule has 0 bridgehead atoms. The van der Waals surface area contributed by atoms with Crippen LogP contribution in [0.5, 0.6) is 0 Å². The Bertz CT molecular complexity index is 759. The molecule has 0 radical (unpaired) electrons. The van der Waals surface area contributed by atoms with Crippen molar-refractivity contribution in [3.05, 3.63) is 29.3 Å². The number of carbonyl (C=O) groups excluding carboxylic acids is 3. The van der Waals surface area contributed by atoms with E-state index in [9.17, 15) is 14.4 Å².